The van der Waals surface area contributed by atoms with Crippen molar-refractivity contribution in [1.29, 1.82) is 0 Å². The Bertz CT molecular complexity index is 764. The second-order valence-electron chi connectivity index (χ2n) is 5.23. The fraction of sp³-hybridized carbons (Fsp3) is 0.263. The van der Waals surface area contributed by atoms with Crippen molar-refractivity contribution in [2.24, 2.45) is 0 Å². The van der Waals surface area contributed by atoms with Gasteiger partial charge in [0.2, 0.25) is 0 Å². The van der Waals surface area contributed by atoms with Crippen LogP contribution >= 0.6 is 11.6 Å². The molecular weight excluding hydrogens is 280 g/mol. The fourth-order valence-electron chi connectivity index (χ4n) is 2.67. The van der Waals surface area contributed by atoms with Crippen molar-refractivity contribution in [3.05, 3.63) is 54.1 Å². The van der Waals surface area contributed by atoms with Crippen LogP contribution in [0, 0.1) is 0 Å². The van der Waals surface area contributed by atoms with E-state index >= 15 is 0 Å². The number of halogens is 1. The molecule has 0 amide bonds. The Balaban J connectivity index is 2.22. The number of rotatable bonds is 5. The predicted octanol–water partition coefficient (Wildman–Crippen LogP) is 5.56. The van der Waals surface area contributed by atoms with E-state index in [1.165, 1.54) is 27.1 Å². The van der Waals surface area contributed by atoms with Crippen molar-refractivity contribution < 1.29 is 4.74 Å². The maximum Gasteiger partial charge on any atom is 0.134 e. The summed E-state index contributed by atoms with van der Waals surface area (Å²) in [6, 6.07) is 17.3. The van der Waals surface area contributed by atoms with Crippen LogP contribution in [0.1, 0.15) is 18.9 Å². The zero-order valence-electron chi connectivity index (χ0n) is 12.2. The van der Waals surface area contributed by atoms with E-state index < -0.39 is 0 Å². The number of ether oxygens (including phenoxy) is 1. The number of alkyl halides is 1. The SMILES string of the molecule is CCc1ccc2cc3ccccc3c(OCCCCl)c2c1. The molecule has 2 heteroatoms. The minimum Gasteiger partial charge on any atom is -0.492 e. The molecule has 0 bridgehead atoms. The zero-order valence-corrected chi connectivity index (χ0v) is 13.0. The molecule has 0 aliphatic heterocycles. The summed E-state index contributed by atoms with van der Waals surface area (Å²) < 4.78 is 6.09. The number of aryl methyl sites for hydroxylation is 1. The van der Waals surface area contributed by atoms with Crippen LogP contribution in [-0.4, -0.2) is 12.5 Å². The van der Waals surface area contributed by atoms with Crippen LogP contribution in [-0.2, 0) is 6.42 Å². The lowest BCUT2D eigenvalue weighted by molar-refractivity contribution is 0.325. The summed E-state index contributed by atoms with van der Waals surface area (Å²) in [6.45, 7) is 2.83. The Kier molecular flexibility index (Phi) is 4.31. The second-order valence-corrected chi connectivity index (χ2v) is 5.60. The van der Waals surface area contributed by atoms with Crippen LogP contribution in [0.2, 0.25) is 0 Å². The van der Waals surface area contributed by atoms with Gasteiger partial charge >= 0.3 is 0 Å². The molecule has 0 aliphatic carbocycles. The summed E-state index contributed by atoms with van der Waals surface area (Å²) >= 11 is 5.77. The quantitative estimate of drug-likeness (QED) is 0.340. The molecule has 1 nitrogen and oxygen atoms in total. The van der Waals surface area contributed by atoms with Gasteiger partial charge in [-0.25, -0.2) is 0 Å². The van der Waals surface area contributed by atoms with Gasteiger partial charge in [0.15, 0.2) is 0 Å². The number of fused-ring (bicyclic) bond motifs is 2. The Morgan fingerprint density at radius 2 is 1.76 bits per heavy atom. The molecule has 0 N–H and O–H groups in total. The van der Waals surface area contributed by atoms with E-state index in [4.69, 9.17) is 16.3 Å². The summed E-state index contributed by atoms with van der Waals surface area (Å²) in [6.07, 6.45) is 1.89. The molecule has 3 aromatic rings. The minimum absolute atomic E-state index is 0.628. The summed E-state index contributed by atoms with van der Waals surface area (Å²) in [4.78, 5) is 0. The van der Waals surface area contributed by atoms with Crippen molar-refractivity contribution in [3.63, 3.8) is 0 Å². The largest absolute Gasteiger partial charge is 0.492 e. The van der Waals surface area contributed by atoms with Gasteiger partial charge in [0, 0.05) is 16.7 Å². The molecular formula is C19H19ClO. The first kappa shape index (κ1) is 14.2. The average molecular weight is 299 g/mol. The monoisotopic (exact) mass is 298 g/mol. The molecule has 0 spiro atoms. The molecule has 3 aromatic carbocycles. The van der Waals surface area contributed by atoms with Crippen molar-refractivity contribution in [2.75, 3.05) is 12.5 Å². The third-order valence-corrected chi connectivity index (χ3v) is 4.08. The number of hydrogen-bond acceptors (Lipinski definition) is 1. The van der Waals surface area contributed by atoms with E-state index in [1.807, 2.05) is 0 Å². The Hall–Kier alpha value is -1.73. The van der Waals surface area contributed by atoms with Gasteiger partial charge in [-0.15, -0.1) is 11.6 Å². The Morgan fingerprint density at radius 3 is 2.57 bits per heavy atom. The highest BCUT2D eigenvalue weighted by molar-refractivity contribution is 6.17. The maximum atomic E-state index is 6.09. The molecule has 3 rings (SSSR count). The molecule has 21 heavy (non-hydrogen) atoms. The van der Waals surface area contributed by atoms with Crippen molar-refractivity contribution in [3.8, 4) is 5.75 Å². The van der Waals surface area contributed by atoms with E-state index in [0.717, 1.165) is 18.6 Å². The molecule has 0 saturated carbocycles. The van der Waals surface area contributed by atoms with Crippen molar-refractivity contribution >= 4 is 33.1 Å². The topological polar surface area (TPSA) is 9.23 Å². The highest BCUT2D eigenvalue weighted by Crippen LogP contribution is 2.35. The van der Waals surface area contributed by atoms with Crippen molar-refractivity contribution in [1.82, 2.24) is 0 Å². The van der Waals surface area contributed by atoms with Gasteiger partial charge in [-0.05, 0) is 41.3 Å². The van der Waals surface area contributed by atoms with Crippen LogP contribution < -0.4 is 4.74 Å². The second kappa shape index (κ2) is 6.36. The van der Waals surface area contributed by atoms with Gasteiger partial charge in [-0.2, -0.15) is 0 Å². The molecule has 0 atom stereocenters. The standard InChI is InChI=1S/C19H19ClO/c1-2-14-8-9-16-13-15-6-3-4-7-17(15)19(18(16)12-14)21-11-5-10-20/h3-4,6-9,12-13H,2,5,10-11H2,1H3. The lowest BCUT2D eigenvalue weighted by Gasteiger charge is -2.13. The van der Waals surface area contributed by atoms with Gasteiger partial charge in [-0.3, -0.25) is 0 Å². The normalized spacial score (nSPS) is 11.1. The molecule has 0 aromatic heterocycles. The molecule has 0 aliphatic rings. The van der Waals surface area contributed by atoms with Crippen LogP contribution in [0.25, 0.3) is 21.5 Å². The highest BCUT2D eigenvalue weighted by atomic mass is 35.5. The van der Waals surface area contributed by atoms with Gasteiger partial charge < -0.3 is 4.74 Å². The van der Waals surface area contributed by atoms with E-state index in [9.17, 15) is 0 Å². The summed E-state index contributed by atoms with van der Waals surface area (Å²) in [5.74, 6) is 1.62. The Morgan fingerprint density at radius 1 is 0.952 bits per heavy atom. The van der Waals surface area contributed by atoms with Crippen molar-refractivity contribution in [2.45, 2.75) is 19.8 Å². The van der Waals surface area contributed by atoms with Crippen LogP contribution in [0.5, 0.6) is 5.75 Å². The molecule has 0 fully saturated rings. The molecule has 0 radical (unpaired) electrons. The molecule has 0 saturated heterocycles. The summed E-state index contributed by atoms with van der Waals surface area (Å²) in [5.41, 5.74) is 1.33. The maximum absolute atomic E-state index is 6.09. The number of benzene rings is 3. The lowest BCUT2D eigenvalue weighted by Crippen LogP contribution is -1.99. The predicted molar refractivity (Wildman–Crippen MR) is 91.7 cm³/mol. The van der Waals surface area contributed by atoms with Crippen LogP contribution in [0.15, 0.2) is 48.5 Å². The minimum atomic E-state index is 0.628. The van der Waals surface area contributed by atoms with Gasteiger partial charge in [0.25, 0.3) is 0 Å². The third-order valence-electron chi connectivity index (χ3n) is 3.81. The van der Waals surface area contributed by atoms with Crippen LogP contribution in [0.3, 0.4) is 0 Å². The molecule has 0 unspecified atom stereocenters. The van der Waals surface area contributed by atoms with E-state index in [0.29, 0.717) is 12.5 Å². The summed E-state index contributed by atoms with van der Waals surface area (Å²) in [5, 5.41) is 4.82. The smallest absolute Gasteiger partial charge is 0.134 e. The van der Waals surface area contributed by atoms with Crippen LogP contribution in [0.4, 0.5) is 0 Å². The van der Waals surface area contributed by atoms with E-state index in [2.05, 4.69) is 55.5 Å². The lowest BCUT2D eigenvalue weighted by atomic mass is 9.99. The van der Waals surface area contributed by atoms with Gasteiger partial charge in [0.05, 0.1) is 6.61 Å². The highest BCUT2D eigenvalue weighted by Gasteiger charge is 2.09. The first-order chi connectivity index (χ1) is 10.3. The van der Waals surface area contributed by atoms with E-state index in [-0.39, 0.29) is 0 Å². The third kappa shape index (κ3) is 2.84. The molecule has 108 valence electrons. The zero-order chi connectivity index (χ0) is 14.7. The van der Waals surface area contributed by atoms with Gasteiger partial charge in [0.1, 0.15) is 5.75 Å². The van der Waals surface area contributed by atoms with Gasteiger partial charge in [-0.1, -0.05) is 43.3 Å². The average Bonchev–Trinajstić information content (AvgIpc) is 2.54. The number of hydrogen-bond donors (Lipinski definition) is 0. The molecule has 0 heterocycles. The summed E-state index contributed by atoms with van der Waals surface area (Å²) in [7, 11) is 0. The first-order valence-corrected chi connectivity index (χ1v) is 8.00. The fourth-order valence-corrected chi connectivity index (χ4v) is 2.78. The first-order valence-electron chi connectivity index (χ1n) is 7.46. The Labute approximate surface area is 130 Å². The van der Waals surface area contributed by atoms with E-state index in [1.54, 1.807) is 0 Å².